The van der Waals surface area contributed by atoms with Crippen molar-refractivity contribution in [2.45, 2.75) is 46.1 Å². The fraction of sp³-hybridized carbons (Fsp3) is 0.667. The van der Waals surface area contributed by atoms with Crippen LogP contribution in [0.25, 0.3) is 0 Å². The van der Waals surface area contributed by atoms with E-state index in [1.807, 2.05) is 20.8 Å². The van der Waals surface area contributed by atoms with Crippen molar-refractivity contribution < 1.29 is 14.4 Å². The summed E-state index contributed by atoms with van der Waals surface area (Å²) in [5.41, 5.74) is 1.12. The Kier molecular flexibility index (Phi) is 4.69. The molecule has 17 heavy (non-hydrogen) atoms. The van der Waals surface area contributed by atoms with Gasteiger partial charge in [-0.15, -0.1) is 0 Å². The molecule has 0 aliphatic rings. The van der Waals surface area contributed by atoms with Crippen LogP contribution in [0.1, 0.15) is 54.9 Å². The number of rotatable bonds is 5. The van der Waals surface area contributed by atoms with Crippen LogP contribution < -0.4 is 5.32 Å². The minimum atomic E-state index is -0.187. The van der Waals surface area contributed by atoms with Gasteiger partial charge in [-0.05, 0) is 20.3 Å². The fourth-order valence-corrected chi connectivity index (χ4v) is 1.62. The van der Waals surface area contributed by atoms with Gasteiger partial charge in [-0.1, -0.05) is 19.0 Å². The third-order valence-corrected chi connectivity index (χ3v) is 2.58. The molecule has 0 bridgehead atoms. The molecule has 0 saturated carbocycles. The van der Waals surface area contributed by atoms with Gasteiger partial charge in [0.15, 0.2) is 5.76 Å². The van der Waals surface area contributed by atoms with Crippen molar-refractivity contribution in [3.8, 4) is 0 Å². The number of aryl methyl sites for hydroxylation is 1. The van der Waals surface area contributed by atoms with Crippen LogP contribution in [0, 0.1) is 6.92 Å². The number of amides is 1. The first-order chi connectivity index (χ1) is 7.97. The van der Waals surface area contributed by atoms with Crippen molar-refractivity contribution in [1.82, 2.24) is 10.5 Å². The van der Waals surface area contributed by atoms with E-state index in [2.05, 4.69) is 10.5 Å². The lowest BCUT2D eigenvalue weighted by Gasteiger charge is -2.12. The van der Waals surface area contributed by atoms with Crippen LogP contribution in [0.4, 0.5) is 0 Å². The summed E-state index contributed by atoms with van der Waals surface area (Å²) < 4.78 is 5.16. The third kappa shape index (κ3) is 3.30. The van der Waals surface area contributed by atoms with E-state index in [1.165, 1.54) is 0 Å². The van der Waals surface area contributed by atoms with Crippen molar-refractivity contribution in [2.24, 2.45) is 0 Å². The number of carbonyl (C=O) groups is 1. The molecule has 0 radical (unpaired) electrons. The standard InChI is InChI=1S/C12H20N2O3/c1-7(2)11-10(9(4)14-17-11)12(16)13-8(3)5-6-15/h7-8,15H,5-6H2,1-4H3,(H,13,16). The molecule has 0 aliphatic carbocycles. The largest absolute Gasteiger partial charge is 0.396 e. The molecule has 1 heterocycles. The van der Waals surface area contributed by atoms with E-state index in [0.29, 0.717) is 23.4 Å². The third-order valence-electron chi connectivity index (χ3n) is 2.58. The molecular formula is C12H20N2O3. The van der Waals surface area contributed by atoms with Gasteiger partial charge in [0.25, 0.3) is 5.91 Å². The molecule has 0 aliphatic heterocycles. The number of nitrogens with one attached hydrogen (secondary N) is 1. The van der Waals surface area contributed by atoms with Gasteiger partial charge in [0.05, 0.1) is 5.69 Å². The highest BCUT2D eigenvalue weighted by atomic mass is 16.5. The van der Waals surface area contributed by atoms with Crippen LogP contribution >= 0.6 is 0 Å². The number of aliphatic hydroxyl groups excluding tert-OH is 1. The van der Waals surface area contributed by atoms with Gasteiger partial charge in [-0.2, -0.15) is 0 Å². The van der Waals surface area contributed by atoms with Crippen LogP contribution in [-0.2, 0) is 0 Å². The first-order valence-corrected chi connectivity index (χ1v) is 5.85. The molecule has 0 fully saturated rings. The Morgan fingerprint density at radius 2 is 2.12 bits per heavy atom. The molecule has 1 rings (SSSR count). The van der Waals surface area contributed by atoms with Crippen molar-refractivity contribution in [3.63, 3.8) is 0 Å². The Balaban J connectivity index is 2.84. The molecule has 96 valence electrons. The van der Waals surface area contributed by atoms with E-state index < -0.39 is 0 Å². The summed E-state index contributed by atoms with van der Waals surface area (Å²) in [4.78, 5) is 12.0. The summed E-state index contributed by atoms with van der Waals surface area (Å²) in [7, 11) is 0. The number of hydrogen-bond acceptors (Lipinski definition) is 4. The van der Waals surface area contributed by atoms with Gasteiger partial charge in [0.2, 0.25) is 0 Å². The minimum absolute atomic E-state index is 0.0567. The highest BCUT2D eigenvalue weighted by molar-refractivity contribution is 5.96. The number of aromatic nitrogens is 1. The van der Waals surface area contributed by atoms with Crippen molar-refractivity contribution >= 4 is 5.91 Å². The Bertz CT molecular complexity index is 385. The van der Waals surface area contributed by atoms with Gasteiger partial charge >= 0.3 is 0 Å². The lowest BCUT2D eigenvalue weighted by molar-refractivity contribution is 0.0931. The van der Waals surface area contributed by atoms with Gasteiger partial charge in [0.1, 0.15) is 5.56 Å². The summed E-state index contributed by atoms with van der Waals surface area (Å²) in [6.45, 7) is 7.57. The molecule has 2 N–H and O–H groups in total. The molecule has 0 aromatic carbocycles. The normalized spacial score (nSPS) is 12.8. The average Bonchev–Trinajstić information content (AvgIpc) is 2.60. The zero-order chi connectivity index (χ0) is 13.0. The minimum Gasteiger partial charge on any atom is -0.396 e. The first-order valence-electron chi connectivity index (χ1n) is 5.85. The number of hydrogen-bond donors (Lipinski definition) is 2. The summed E-state index contributed by atoms with van der Waals surface area (Å²) in [5, 5.41) is 15.4. The Labute approximate surface area is 101 Å². The van der Waals surface area contributed by atoms with Crippen molar-refractivity contribution in [1.29, 1.82) is 0 Å². The molecule has 1 atom stereocenters. The van der Waals surface area contributed by atoms with Crippen LogP contribution in [0.3, 0.4) is 0 Å². The van der Waals surface area contributed by atoms with E-state index >= 15 is 0 Å². The lowest BCUT2D eigenvalue weighted by Crippen LogP contribution is -2.34. The van der Waals surface area contributed by atoms with Gasteiger partial charge in [-0.25, -0.2) is 0 Å². The lowest BCUT2D eigenvalue weighted by atomic mass is 10.0. The smallest absolute Gasteiger partial charge is 0.257 e. The van der Waals surface area contributed by atoms with Gasteiger partial charge < -0.3 is 14.9 Å². The topological polar surface area (TPSA) is 75.4 Å². The van der Waals surface area contributed by atoms with Crippen LogP contribution in [0.5, 0.6) is 0 Å². The maximum Gasteiger partial charge on any atom is 0.257 e. The Hall–Kier alpha value is -1.36. The summed E-state index contributed by atoms with van der Waals surface area (Å²) in [6, 6.07) is -0.0678. The number of carbonyl (C=O) groups excluding carboxylic acids is 1. The Morgan fingerprint density at radius 3 is 2.65 bits per heavy atom. The number of aliphatic hydroxyl groups is 1. The molecule has 5 heteroatoms. The van der Waals surface area contributed by atoms with E-state index in [-0.39, 0.29) is 24.5 Å². The number of nitrogens with zero attached hydrogens (tertiary/aromatic N) is 1. The zero-order valence-corrected chi connectivity index (χ0v) is 10.8. The second-order valence-corrected chi connectivity index (χ2v) is 4.55. The van der Waals surface area contributed by atoms with Gasteiger partial charge in [0, 0.05) is 18.6 Å². The van der Waals surface area contributed by atoms with E-state index in [9.17, 15) is 4.79 Å². The molecule has 0 saturated heterocycles. The molecule has 5 nitrogen and oxygen atoms in total. The highest BCUT2D eigenvalue weighted by Crippen LogP contribution is 2.22. The Morgan fingerprint density at radius 1 is 1.47 bits per heavy atom. The predicted octanol–water partition coefficient (Wildman–Crippen LogP) is 1.61. The van der Waals surface area contributed by atoms with Gasteiger partial charge in [-0.3, -0.25) is 4.79 Å². The SMILES string of the molecule is Cc1noc(C(C)C)c1C(=O)NC(C)CCO. The van der Waals surface area contributed by atoms with Crippen LogP contribution in [0.15, 0.2) is 4.52 Å². The first kappa shape index (κ1) is 13.7. The zero-order valence-electron chi connectivity index (χ0n) is 10.8. The molecule has 1 aromatic heterocycles. The molecular weight excluding hydrogens is 220 g/mol. The van der Waals surface area contributed by atoms with Crippen molar-refractivity contribution in [3.05, 3.63) is 17.0 Å². The average molecular weight is 240 g/mol. The van der Waals surface area contributed by atoms with E-state index in [1.54, 1.807) is 6.92 Å². The predicted molar refractivity (Wildman–Crippen MR) is 64.0 cm³/mol. The quantitative estimate of drug-likeness (QED) is 0.819. The summed E-state index contributed by atoms with van der Waals surface area (Å²) in [5.74, 6) is 0.537. The van der Waals surface area contributed by atoms with E-state index in [4.69, 9.17) is 9.63 Å². The second kappa shape index (κ2) is 5.82. The summed E-state index contributed by atoms with van der Waals surface area (Å²) >= 11 is 0. The monoisotopic (exact) mass is 240 g/mol. The maximum absolute atomic E-state index is 12.0. The van der Waals surface area contributed by atoms with Crippen LogP contribution in [-0.4, -0.2) is 28.8 Å². The van der Waals surface area contributed by atoms with E-state index in [0.717, 1.165) is 0 Å². The molecule has 1 unspecified atom stereocenters. The highest BCUT2D eigenvalue weighted by Gasteiger charge is 2.23. The fourth-order valence-electron chi connectivity index (χ4n) is 1.62. The summed E-state index contributed by atoms with van der Waals surface area (Å²) in [6.07, 6.45) is 0.535. The second-order valence-electron chi connectivity index (χ2n) is 4.55. The molecule has 1 amide bonds. The van der Waals surface area contributed by atoms with Crippen LogP contribution in [0.2, 0.25) is 0 Å². The maximum atomic E-state index is 12.0. The van der Waals surface area contributed by atoms with Crippen molar-refractivity contribution in [2.75, 3.05) is 6.61 Å². The molecule has 0 spiro atoms. The molecule has 1 aromatic rings.